The van der Waals surface area contributed by atoms with E-state index >= 15 is 0 Å². The van der Waals surface area contributed by atoms with Crippen molar-refractivity contribution in [1.82, 2.24) is 9.97 Å². The van der Waals surface area contributed by atoms with E-state index in [0.29, 0.717) is 18.0 Å². The molecule has 0 aliphatic carbocycles. The first-order chi connectivity index (χ1) is 9.26. The van der Waals surface area contributed by atoms with Crippen molar-refractivity contribution in [3.8, 4) is 10.7 Å². The molecule has 19 heavy (non-hydrogen) atoms. The van der Waals surface area contributed by atoms with E-state index in [1.54, 1.807) is 24.5 Å². The molecule has 0 saturated carbocycles. The summed E-state index contributed by atoms with van der Waals surface area (Å²) in [7, 11) is 0. The normalized spacial score (nSPS) is 10.4. The van der Waals surface area contributed by atoms with Gasteiger partial charge < -0.3 is 4.74 Å². The summed E-state index contributed by atoms with van der Waals surface area (Å²) in [6.07, 6.45) is 3.24. The minimum Gasteiger partial charge on any atom is -0.462 e. The van der Waals surface area contributed by atoms with Gasteiger partial charge in [0.25, 0.3) is 0 Å². The number of carbonyl (C=O) groups excluding carboxylic acids is 1. The van der Waals surface area contributed by atoms with Crippen molar-refractivity contribution in [1.29, 1.82) is 0 Å². The van der Waals surface area contributed by atoms with Gasteiger partial charge in [0.2, 0.25) is 0 Å². The van der Waals surface area contributed by atoms with Gasteiger partial charge in [0.1, 0.15) is 0 Å². The van der Waals surface area contributed by atoms with E-state index in [0.717, 1.165) is 23.4 Å². The average Bonchev–Trinajstić information content (AvgIpc) is 2.93. The highest BCUT2D eigenvalue weighted by molar-refractivity contribution is 7.13. The van der Waals surface area contributed by atoms with Gasteiger partial charge in [-0.3, -0.25) is 0 Å². The minimum absolute atomic E-state index is 0.344. The van der Waals surface area contributed by atoms with Crippen molar-refractivity contribution in [2.45, 2.75) is 26.7 Å². The molecular weight excluding hydrogens is 260 g/mol. The van der Waals surface area contributed by atoms with E-state index in [1.807, 2.05) is 17.5 Å². The van der Waals surface area contributed by atoms with Gasteiger partial charge in [0.05, 0.1) is 22.7 Å². The predicted octanol–water partition coefficient (Wildman–Crippen LogP) is 3.33. The Kier molecular flexibility index (Phi) is 4.63. The summed E-state index contributed by atoms with van der Waals surface area (Å²) in [5, 5.41) is 1.98. The largest absolute Gasteiger partial charge is 0.462 e. The van der Waals surface area contributed by atoms with E-state index in [1.165, 1.54) is 0 Å². The summed E-state index contributed by atoms with van der Waals surface area (Å²) in [6.45, 7) is 4.21. The van der Waals surface area contributed by atoms with Crippen LogP contribution < -0.4 is 0 Å². The van der Waals surface area contributed by atoms with Crippen molar-refractivity contribution in [3.63, 3.8) is 0 Å². The van der Waals surface area contributed by atoms with Crippen LogP contribution in [-0.4, -0.2) is 22.5 Å². The molecule has 2 aromatic rings. The second kappa shape index (κ2) is 6.43. The molecule has 0 atom stereocenters. The van der Waals surface area contributed by atoms with Gasteiger partial charge >= 0.3 is 5.97 Å². The third-order valence-electron chi connectivity index (χ3n) is 2.59. The van der Waals surface area contributed by atoms with Gasteiger partial charge in [-0.25, -0.2) is 14.8 Å². The van der Waals surface area contributed by atoms with Crippen molar-refractivity contribution in [2.75, 3.05) is 6.61 Å². The quantitative estimate of drug-likeness (QED) is 0.786. The number of hydrogen-bond donors (Lipinski definition) is 0. The van der Waals surface area contributed by atoms with Crippen LogP contribution >= 0.6 is 11.3 Å². The fraction of sp³-hybridized carbons (Fsp3) is 0.357. The summed E-state index contributed by atoms with van der Waals surface area (Å²) >= 11 is 1.59. The topological polar surface area (TPSA) is 52.1 Å². The van der Waals surface area contributed by atoms with Crippen LogP contribution in [0.4, 0.5) is 0 Å². The van der Waals surface area contributed by atoms with Crippen LogP contribution in [0.1, 0.15) is 36.3 Å². The Hall–Kier alpha value is -1.75. The number of hydrogen-bond acceptors (Lipinski definition) is 5. The number of nitrogens with zero attached hydrogens (tertiary/aromatic N) is 2. The molecule has 0 N–H and O–H groups in total. The first-order valence-electron chi connectivity index (χ1n) is 6.33. The molecule has 0 fully saturated rings. The molecule has 2 heterocycles. The van der Waals surface area contributed by atoms with Crippen LogP contribution in [0.25, 0.3) is 10.7 Å². The fourth-order valence-electron chi connectivity index (χ4n) is 1.75. The zero-order valence-electron chi connectivity index (χ0n) is 11.0. The minimum atomic E-state index is -0.344. The molecule has 2 aromatic heterocycles. The number of carbonyl (C=O) groups is 1. The first-order valence-corrected chi connectivity index (χ1v) is 7.21. The van der Waals surface area contributed by atoms with Gasteiger partial charge in [0, 0.05) is 6.20 Å². The summed E-state index contributed by atoms with van der Waals surface area (Å²) < 4.78 is 5.03. The number of ether oxygens (including phenoxy) is 1. The Bertz CT molecular complexity index is 553. The maximum atomic E-state index is 11.8. The SMILES string of the molecule is CCCc1nc(-c2cccs2)ncc1C(=O)OCC. The van der Waals surface area contributed by atoms with Crippen LogP contribution in [-0.2, 0) is 11.2 Å². The molecule has 0 aromatic carbocycles. The van der Waals surface area contributed by atoms with Crippen LogP contribution in [0, 0.1) is 0 Å². The Morgan fingerprint density at radius 1 is 1.42 bits per heavy atom. The maximum Gasteiger partial charge on any atom is 0.341 e. The molecule has 0 bridgehead atoms. The van der Waals surface area contributed by atoms with E-state index in [2.05, 4.69) is 16.9 Å². The molecule has 0 amide bonds. The Morgan fingerprint density at radius 3 is 2.89 bits per heavy atom. The molecule has 4 nitrogen and oxygen atoms in total. The van der Waals surface area contributed by atoms with Gasteiger partial charge in [0.15, 0.2) is 5.82 Å². The molecule has 0 spiro atoms. The summed E-state index contributed by atoms with van der Waals surface area (Å²) in [5.41, 5.74) is 1.24. The Morgan fingerprint density at radius 2 is 2.26 bits per heavy atom. The summed E-state index contributed by atoms with van der Waals surface area (Å²) in [6, 6.07) is 3.93. The third-order valence-corrected chi connectivity index (χ3v) is 3.46. The van der Waals surface area contributed by atoms with Crippen LogP contribution in [0.3, 0.4) is 0 Å². The molecule has 100 valence electrons. The van der Waals surface area contributed by atoms with Gasteiger partial charge in [-0.15, -0.1) is 11.3 Å². The standard InChI is InChI=1S/C14H16N2O2S/c1-3-6-11-10(14(17)18-4-2)9-15-13(16-11)12-7-5-8-19-12/h5,7-9H,3-4,6H2,1-2H3. The van der Waals surface area contributed by atoms with Crippen molar-refractivity contribution in [3.05, 3.63) is 35.0 Å². The lowest BCUT2D eigenvalue weighted by Crippen LogP contribution is -2.11. The van der Waals surface area contributed by atoms with Gasteiger partial charge in [-0.05, 0) is 24.8 Å². The molecule has 5 heteroatoms. The fourth-order valence-corrected chi connectivity index (χ4v) is 2.41. The second-order valence-corrected chi connectivity index (χ2v) is 4.95. The maximum absolute atomic E-state index is 11.8. The summed E-state index contributed by atoms with van der Waals surface area (Å²) in [4.78, 5) is 21.6. The van der Waals surface area contributed by atoms with Crippen LogP contribution in [0.5, 0.6) is 0 Å². The Labute approximate surface area is 116 Å². The number of rotatable bonds is 5. The highest BCUT2D eigenvalue weighted by Crippen LogP contribution is 2.22. The third kappa shape index (κ3) is 3.17. The second-order valence-electron chi connectivity index (χ2n) is 4.00. The monoisotopic (exact) mass is 276 g/mol. The molecule has 0 aliphatic rings. The zero-order valence-corrected chi connectivity index (χ0v) is 11.9. The molecular formula is C14H16N2O2S. The van der Waals surface area contributed by atoms with Crippen molar-refractivity contribution < 1.29 is 9.53 Å². The zero-order chi connectivity index (χ0) is 13.7. The lowest BCUT2D eigenvalue weighted by Gasteiger charge is -2.08. The number of aromatic nitrogens is 2. The lowest BCUT2D eigenvalue weighted by atomic mass is 10.1. The highest BCUT2D eigenvalue weighted by atomic mass is 32.1. The van der Waals surface area contributed by atoms with Crippen LogP contribution in [0.15, 0.2) is 23.7 Å². The van der Waals surface area contributed by atoms with Crippen LogP contribution in [0.2, 0.25) is 0 Å². The lowest BCUT2D eigenvalue weighted by molar-refractivity contribution is 0.0524. The average molecular weight is 276 g/mol. The summed E-state index contributed by atoms with van der Waals surface area (Å²) in [5.74, 6) is 0.329. The number of aryl methyl sites for hydroxylation is 1. The number of esters is 1. The van der Waals surface area contributed by atoms with E-state index < -0.39 is 0 Å². The van der Waals surface area contributed by atoms with Crippen molar-refractivity contribution in [2.24, 2.45) is 0 Å². The smallest absolute Gasteiger partial charge is 0.341 e. The number of thiophene rings is 1. The first kappa shape index (κ1) is 13.7. The predicted molar refractivity (Wildman–Crippen MR) is 75.3 cm³/mol. The van der Waals surface area contributed by atoms with Gasteiger partial charge in [-0.2, -0.15) is 0 Å². The Balaban J connectivity index is 2.37. The molecule has 2 rings (SSSR count). The van der Waals surface area contributed by atoms with Gasteiger partial charge in [-0.1, -0.05) is 19.4 Å². The molecule has 0 aliphatic heterocycles. The molecule has 0 radical (unpaired) electrons. The van der Waals surface area contributed by atoms with Crippen molar-refractivity contribution >= 4 is 17.3 Å². The van der Waals surface area contributed by atoms with E-state index in [-0.39, 0.29) is 5.97 Å². The van der Waals surface area contributed by atoms with E-state index in [9.17, 15) is 4.79 Å². The molecule has 0 unspecified atom stereocenters. The van der Waals surface area contributed by atoms with E-state index in [4.69, 9.17) is 4.74 Å². The molecule has 0 saturated heterocycles. The highest BCUT2D eigenvalue weighted by Gasteiger charge is 2.15.